The first-order valence-electron chi connectivity index (χ1n) is 6.46. The maximum Gasteiger partial charge on any atom is 0.253 e. The van der Waals surface area contributed by atoms with E-state index in [1.807, 2.05) is 13.8 Å². The minimum atomic E-state index is -0.186. The molecule has 4 nitrogen and oxygen atoms in total. The van der Waals surface area contributed by atoms with Crippen LogP contribution in [0.2, 0.25) is 0 Å². The summed E-state index contributed by atoms with van der Waals surface area (Å²) < 4.78 is 0.709. The monoisotopic (exact) mass is 326 g/mol. The quantitative estimate of drug-likeness (QED) is 0.842. The molecule has 0 bridgehead atoms. The number of hydrogen-bond donors (Lipinski definition) is 2. The van der Waals surface area contributed by atoms with Crippen LogP contribution in [-0.4, -0.2) is 18.4 Å². The van der Waals surface area contributed by atoms with Crippen molar-refractivity contribution >= 4 is 33.4 Å². The molecule has 0 aromatic heterocycles. The SMILES string of the molecule is CCCCC(=O)Nc1c(Br)cccc1C(=O)NCC. The third kappa shape index (κ3) is 4.67. The smallest absolute Gasteiger partial charge is 0.253 e. The van der Waals surface area contributed by atoms with Gasteiger partial charge in [0, 0.05) is 17.4 Å². The molecule has 0 unspecified atom stereocenters. The van der Waals surface area contributed by atoms with Crippen LogP contribution in [0.4, 0.5) is 5.69 Å². The van der Waals surface area contributed by atoms with Crippen LogP contribution in [0.3, 0.4) is 0 Å². The van der Waals surface area contributed by atoms with Crippen LogP contribution < -0.4 is 10.6 Å². The first-order chi connectivity index (χ1) is 9.10. The van der Waals surface area contributed by atoms with Crippen molar-refractivity contribution in [1.82, 2.24) is 5.32 Å². The Morgan fingerprint density at radius 3 is 2.63 bits per heavy atom. The van der Waals surface area contributed by atoms with Crippen molar-refractivity contribution in [3.8, 4) is 0 Å². The van der Waals surface area contributed by atoms with Gasteiger partial charge in [0.2, 0.25) is 5.91 Å². The molecular formula is C14H19BrN2O2. The number of carbonyl (C=O) groups is 2. The lowest BCUT2D eigenvalue weighted by atomic mass is 10.1. The van der Waals surface area contributed by atoms with Crippen molar-refractivity contribution < 1.29 is 9.59 Å². The van der Waals surface area contributed by atoms with E-state index in [1.54, 1.807) is 18.2 Å². The van der Waals surface area contributed by atoms with E-state index in [1.165, 1.54) is 0 Å². The Labute approximate surface area is 122 Å². The van der Waals surface area contributed by atoms with E-state index in [2.05, 4.69) is 26.6 Å². The highest BCUT2D eigenvalue weighted by Gasteiger charge is 2.15. The standard InChI is InChI=1S/C14H19BrN2O2/c1-3-5-9-12(18)17-13-10(14(19)16-4-2)7-6-8-11(13)15/h6-8H,3-5,9H2,1-2H3,(H,16,19)(H,17,18). The summed E-state index contributed by atoms with van der Waals surface area (Å²) in [5.41, 5.74) is 1.01. The van der Waals surface area contributed by atoms with E-state index >= 15 is 0 Å². The molecule has 1 aromatic carbocycles. The fourth-order valence-corrected chi connectivity index (χ4v) is 2.10. The van der Waals surface area contributed by atoms with Gasteiger partial charge in [0.15, 0.2) is 0 Å². The lowest BCUT2D eigenvalue weighted by Crippen LogP contribution is -2.25. The first kappa shape index (κ1) is 15.7. The topological polar surface area (TPSA) is 58.2 Å². The number of unbranched alkanes of at least 4 members (excludes halogenated alkanes) is 1. The highest BCUT2D eigenvalue weighted by Crippen LogP contribution is 2.26. The molecule has 1 rings (SSSR count). The van der Waals surface area contributed by atoms with Crippen LogP contribution in [0.5, 0.6) is 0 Å². The van der Waals surface area contributed by atoms with E-state index in [9.17, 15) is 9.59 Å². The van der Waals surface area contributed by atoms with E-state index < -0.39 is 0 Å². The van der Waals surface area contributed by atoms with Gasteiger partial charge in [-0.05, 0) is 41.4 Å². The second kappa shape index (κ2) is 7.94. The number of hydrogen-bond acceptors (Lipinski definition) is 2. The zero-order valence-corrected chi connectivity index (χ0v) is 12.8. The predicted octanol–water partition coefficient (Wildman–Crippen LogP) is 3.33. The summed E-state index contributed by atoms with van der Waals surface area (Å²) in [5, 5.41) is 5.54. The molecule has 0 radical (unpaired) electrons. The van der Waals surface area contributed by atoms with Crippen LogP contribution in [-0.2, 0) is 4.79 Å². The van der Waals surface area contributed by atoms with Crippen molar-refractivity contribution in [3.05, 3.63) is 28.2 Å². The number of halogens is 1. The zero-order valence-electron chi connectivity index (χ0n) is 11.3. The van der Waals surface area contributed by atoms with Gasteiger partial charge in [0.1, 0.15) is 0 Å². The van der Waals surface area contributed by atoms with Crippen molar-refractivity contribution in [2.24, 2.45) is 0 Å². The molecule has 0 atom stereocenters. The van der Waals surface area contributed by atoms with Gasteiger partial charge in [-0.1, -0.05) is 19.4 Å². The number of rotatable bonds is 6. The summed E-state index contributed by atoms with van der Waals surface area (Å²) >= 11 is 3.37. The van der Waals surface area contributed by atoms with Gasteiger partial charge in [-0.2, -0.15) is 0 Å². The Kier molecular flexibility index (Phi) is 6.56. The molecule has 0 spiro atoms. The van der Waals surface area contributed by atoms with E-state index in [4.69, 9.17) is 0 Å². The summed E-state index contributed by atoms with van der Waals surface area (Å²) in [5.74, 6) is -0.256. The van der Waals surface area contributed by atoms with Crippen LogP contribution in [0.25, 0.3) is 0 Å². The third-order valence-corrected chi connectivity index (χ3v) is 3.28. The van der Waals surface area contributed by atoms with Gasteiger partial charge in [-0.3, -0.25) is 9.59 Å². The minimum Gasteiger partial charge on any atom is -0.352 e. The molecule has 0 saturated heterocycles. The van der Waals surface area contributed by atoms with E-state index in [0.717, 1.165) is 12.8 Å². The Bertz CT molecular complexity index is 461. The van der Waals surface area contributed by atoms with Crippen LogP contribution in [0, 0.1) is 0 Å². The lowest BCUT2D eigenvalue weighted by Gasteiger charge is -2.12. The van der Waals surface area contributed by atoms with Gasteiger partial charge in [0.25, 0.3) is 5.91 Å². The van der Waals surface area contributed by atoms with Gasteiger partial charge in [-0.25, -0.2) is 0 Å². The average Bonchev–Trinajstić information content (AvgIpc) is 2.39. The Morgan fingerprint density at radius 2 is 2.00 bits per heavy atom. The Balaban J connectivity index is 2.91. The fourth-order valence-electron chi connectivity index (χ4n) is 1.64. The number of para-hydroxylation sites is 1. The maximum atomic E-state index is 11.9. The van der Waals surface area contributed by atoms with E-state index in [-0.39, 0.29) is 11.8 Å². The molecule has 0 aliphatic carbocycles. The minimum absolute atomic E-state index is 0.0701. The molecule has 1 aromatic rings. The third-order valence-electron chi connectivity index (χ3n) is 2.62. The van der Waals surface area contributed by atoms with Gasteiger partial charge in [0.05, 0.1) is 11.3 Å². The summed E-state index contributed by atoms with van der Waals surface area (Å²) in [6.07, 6.45) is 2.27. The molecule has 0 saturated carbocycles. The van der Waals surface area contributed by atoms with Crippen LogP contribution in [0.15, 0.2) is 22.7 Å². The number of anilines is 1. The highest BCUT2D eigenvalue weighted by atomic mass is 79.9. The molecular weight excluding hydrogens is 308 g/mol. The van der Waals surface area contributed by atoms with Crippen molar-refractivity contribution in [2.75, 3.05) is 11.9 Å². The van der Waals surface area contributed by atoms with Gasteiger partial charge >= 0.3 is 0 Å². The van der Waals surface area contributed by atoms with Gasteiger partial charge in [-0.15, -0.1) is 0 Å². The van der Waals surface area contributed by atoms with Crippen molar-refractivity contribution in [3.63, 3.8) is 0 Å². The summed E-state index contributed by atoms with van der Waals surface area (Å²) in [6, 6.07) is 5.28. The molecule has 19 heavy (non-hydrogen) atoms. The summed E-state index contributed by atoms with van der Waals surface area (Å²) in [4.78, 5) is 23.7. The summed E-state index contributed by atoms with van der Waals surface area (Å²) in [7, 11) is 0. The second-order valence-electron chi connectivity index (χ2n) is 4.17. The molecule has 2 amide bonds. The molecule has 5 heteroatoms. The summed E-state index contributed by atoms with van der Waals surface area (Å²) in [6.45, 7) is 4.44. The average molecular weight is 327 g/mol. The van der Waals surface area contributed by atoms with Crippen molar-refractivity contribution in [1.29, 1.82) is 0 Å². The first-order valence-corrected chi connectivity index (χ1v) is 7.26. The van der Waals surface area contributed by atoms with Crippen molar-refractivity contribution in [2.45, 2.75) is 33.1 Å². The van der Waals surface area contributed by atoms with Gasteiger partial charge < -0.3 is 10.6 Å². The molecule has 2 N–H and O–H groups in total. The number of carbonyl (C=O) groups excluding carboxylic acids is 2. The fraction of sp³-hybridized carbons (Fsp3) is 0.429. The van der Waals surface area contributed by atoms with Crippen LogP contribution in [0.1, 0.15) is 43.5 Å². The lowest BCUT2D eigenvalue weighted by molar-refractivity contribution is -0.116. The number of benzene rings is 1. The molecule has 0 heterocycles. The molecule has 0 aliphatic rings. The molecule has 0 fully saturated rings. The Hall–Kier alpha value is -1.36. The molecule has 104 valence electrons. The number of amides is 2. The number of nitrogens with one attached hydrogen (secondary N) is 2. The molecule has 0 aliphatic heterocycles. The maximum absolute atomic E-state index is 11.9. The highest BCUT2D eigenvalue weighted by molar-refractivity contribution is 9.10. The second-order valence-corrected chi connectivity index (χ2v) is 5.03. The zero-order chi connectivity index (χ0) is 14.3. The van der Waals surface area contributed by atoms with E-state index in [0.29, 0.717) is 28.7 Å². The Morgan fingerprint density at radius 1 is 1.26 bits per heavy atom. The largest absolute Gasteiger partial charge is 0.352 e. The van der Waals surface area contributed by atoms with Crippen LogP contribution >= 0.6 is 15.9 Å². The predicted molar refractivity (Wildman–Crippen MR) is 80.3 cm³/mol. The normalized spacial score (nSPS) is 10.1.